The second-order valence-electron chi connectivity index (χ2n) is 4.40. The van der Waals surface area contributed by atoms with Crippen LogP contribution in [0.25, 0.3) is 0 Å². The number of halogens is 1. The molecule has 1 aromatic heterocycles. The summed E-state index contributed by atoms with van der Waals surface area (Å²) in [7, 11) is 0. The zero-order chi connectivity index (χ0) is 12.3. The van der Waals surface area contributed by atoms with Crippen molar-refractivity contribution < 1.29 is 4.79 Å². The molecular weight excluding hydrogens is 256 g/mol. The van der Waals surface area contributed by atoms with Gasteiger partial charge in [0.15, 0.2) is 0 Å². The molecule has 1 N–H and O–H groups in total. The molecule has 0 unspecified atom stereocenters. The molecule has 17 heavy (non-hydrogen) atoms. The van der Waals surface area contributed by atoms with Crippen LogP contribution in [-0.4, -0.2) is 36.5 Å². The van der Waals surface area contributed by atoms with Crippen LogP contribution in [0.5, 0.6) is 0 Å². The summed E-state index contributed by atoms with van der Waals surface area (Å²) >= 11 is 7.42. The van der Waals surface area contributed by atoms with Crippen LogP contribution in [-0.2, 0) is 11.2 Å². The van der Waals surface area contributed by atoms with Crippen LogP contribution in [0.15, 0.2) is 12.1 Å². The third-order valence-electron chi connectivity index (χ3n) is 2.94. The average molecular weight is 273 g/mol. The summed E-state index contributed by atoms with van der Waals surface area (Å²) in [6.45, 7) is 4.66. The molecule has 1 amide bonds. The van der Waals surface area contributed by atoms with Crippen molar-refractivity contribution in [2.45, 2.75) is 25.8 Å². The molecule has 2 heterocycles. The maximum absolute atomic E-state index is 12.0. The molecule has 1 aliphatic rings. The van der Waals surface area contributed by atoms with E-state index in [1.807, 2.05) is 17.0 Å². The van der Waals surface area contributed by atoms with Gasteiger partial charge in [-0.3, -0.25) is 4.79 Å². The molecule has 1 aliphatic heterocycles. The minimum Gasteiger partial charge on any atom is -0.340 e. The highest BCUT2D eigenvalue weighted by Crippen LogP contribution is 2.22. The second-order valence-corrected chi connectivity index (χ2v) is 6.20. The number of carbonyl (C=O) groups excluding carboxylic acids is 1. The Bertz CT molecular complexity index is 394. The lowest BCUT2D eigenvalue weighted by molar-refractivity contribution is -0.132. The highest BCUT2D eigenvalue weighted by atomic mass is 35.5. The Morgan fingerprint density at radius 1 is 1.65 bits per heavy atom. The predicted octanol–water partition coefficient (Wildman–Crippen LogP) is 2.15. The first kappa shape index (κ1) is 12.9. The van der Waals surface area contributed by atoms with Crippen molar-refractivity contribution in [2.24, 2.45) is 0 Å². The first-order valence-corrected chi connectivity index (χ1v) is 7.10. The van der Waals surface area contributed by atoms with Gasteiger partial charge in [0, 0.05) is 37.0 Å². The Balaban J connectivity index is 1.80. The van der Waals surface area contributed by atoms with Crippen molar-refractivity contribution in [3.63, 3.8) is 0 Å². The molecule has 0 spiro atoms. The standard InChI is InChI=1S/C12H17ClN2OS/c1-9-8-15(7-6-14-9)12(16)5-3-10-2-4-11(13)17-10/h2,4,9,14H,3,5-8H2,1H3/t9-/m1/s1. The smallest absolute Gasteiger partial charge is 0.223 e. The maximum atomic E-state index is 12.0. The van der Waals surface area contributed by atoms with Crippen LogP contribution in [0.3, 0.4) is 0 Å². The molecule has 5 heteroatoms. The van der Waals surface area contributed by atoms with E-state index in [-0.39, 0.29) is 5.91 Å². The van der Waals surface area contributed by atoms with Gasteiger partial charge in [-0.15, -0.1) is 11.3 Å². The summed E-state index contributed by atoms with van der Waals surface area (Å²) < 4.78 is 0.795. The molecule has 0 aliphatic carbocycles. The van der Waals surface area contributed by atoms with Crippen LogP contribution >= 0.6 is 22.9 Å². The molecule has 0 radical (unpaired) electrons. The van der Waals surface area contributed by atoms with E-state index in [1.165, 1.54) is 4.88 Å². The lowest BCUT2D eigenvalue weighted by Gasteiger charge is -2.31. The van der Waals surface area contributed by atoms with E-state index in [2.05, 4.69) is 12.2 Å². The fraction of sp³-hybridized carbons (Fsp3) is 0.583. The fourth-order valence-corrected chi connectivity index (χ4v) is 3.12. The van der Waals surface area contributed by atoms with Crippen molar-refractivity contribution in [3.05, 3.63) is 21.3 Å². The van der Waals surface area contributed by atoms with Crippen LogP contribution in [0.1, 0.15) is 18.2 Å². The van der Waals surface area contributed by atoms with E-state index in [4.69, 9.17) is 11.6 Å². The zero-order valence-electron chi connectivity index (χ0n) is 9.91. The summed E-state index contributed by atoms with van der Waals surface area (Å²) in [5.74, 6) is 0.253. The minimum absolute atomic E-state index is 0.253. The zero-order valence-corrected chi connectivity index (χ0v) is 11.5. The Labute approximate surface area is 111 Å². The van der Waals surface area contributed by atoms with E-state index in [0.29, 0.717) is 12.5 Å². The molecule has 0 saturated carbocycles. The van der Waals surface area contributed by atoms with Crippen LogP contribution < -0.4 is 5.32 Å². The lowest BCUT2D eigenvalue weighted by atomic mass is 10.2. The van der Waals surface area contributed by atoms with Crippen molar-refractivity contribution in [3.8, 4) is 0 Å². The van der Waals surface area contributed by atoms with Crippen LogP contribution in [0.2, 0.25) is 4.34 Å². The largest absolute Gasteiger partial charge is 0.340 e. The SMILES string of the molecule is C[C@@H]1CN(C(=O)CCc2ccc(Cl)s2)CCN1. The van der Waals surface area contributed by atoms with Gasteiger partial charge in [0.25, 0.3) is 0 Å². The highest BCUT2D eigenvalue weighted by molar-refractivity contribution is 7.16. The number of nitrogens with one attached hydrogen (secondary N) is 1. The Morgan fingerprint density at radius 3 is 3.12 bits per heavy atom. The predicted molar refractivity (Wildman–Crippen MR) is 71.7 cm³/mol. The normalized spacial score (nSPS) is 20.6. The topological polar surface area (TPSA) is 32.3 Å². The van der Waals surface area contributed by atoms with Gasteiger partial charge in [0.2, 0.25) is 5.91 Å². The van der Waals surface area contributed by atoms with E-state index in [9.17, 15) is 4.79 Å². The summed E-state index contributed by atoms with van der Waals surface area (Å²) in [5.41, 5.74) is 0. The monoisotopic (exact) mass is 272 g/mol. The Kier molecular flexibility index (Phi) is 4.42. The number of amides is 1. The summed E-state index contributed by atoms with van der Waals surface area (Å²) in [6.07, 6.45) is 1.39. The maximum Gasteiger partial charge on any atom is 0.223 e. The third kappa shape index (κ3) is 3.69. The van der Waals surface area contributed by atoms with Gasteiger partial charge in [-0.05, 0) is 25.5 Å². The second kappa shape index (κ2) is 5.85. The van der Waals surface area contributed by atoms with Crippen LogP contribution in [0, 0.1) is 0 Å². The summed E-state index contributed by atoms with van der Waals surface area (Å²) in [5, 5.41) is 3.33. The van der Waals surface area contributed by atoms with Gasteiger partial charge in [0.1, 0.15) is 0 Å². The van der Waals surface area contributed by atoms with E-state index in [1.54, 1.807) is 11.3 Å². The lowest BCUT2D eigenvalue weighted by Crippen LogP contribution is -2.51. The number of piperazine rings is 1. The molecule has 1 atom stereocenters. The molecule has 1 fully saturated rings. The van der Waals surface area contributed by atoms with Crippen molar-refractivity contribution in [2.75, 3.05) is 19.6 Å². The van der Waals surface area contributed by atoms with Crippen molar-refractivity contribution in [1.82, 2.24) is 10.2 Å². The van der Waals surface area contributed by atoms with Gasteiger partial charge in [-0.1, -0.05) is 11.6 Å². The molecular formula is C12H17ClN2OS. The number of aryl methyl sites for hydroxylation is 1. The van der Waals surface area contributed by atoms with Gasteiger partial charge < -0.3 is 10.2 Å². The molecule has 0 aromatic carbocycles. The van der Waals surface area contributed by atoms with E-state index < -0.39 is 0 Å². The average Bonchev–Trinajstić information content (AvgIpc) is 2.72. The third-order valence-corrected chi connectivity index (χ3v) is 4.23. The van der Waals surface area contributed by atoms with Crippen molar-refractivity contribution in [1.29, 1.82) is 0 Å². The van der Waals surface area contributed by atoms with Crippen LogP contribution in [0.4, 0.5) is 0 Å². The molecule has 3 nitrogen and oxygen atoms in total. The minimum atomic E-state index is 0.253. The Morgan fingerprint density at radius 2 is 2.47 bits per heavy atom. The summed E-state index contributed by atoms with van der Waals surface area (Å²) in [6, 6.07) is 4.29. The first-order chi connectivity index (χ1) is 8.15. The van der Waals surface area contributed by atoms with Gasteiger partial charge >= 0.3 is 0 Å². The number of thiophene rings is 1. The van der Waals surface area contributed by atoms with Gasteiger partial charge in [-0.2, -0.15) is 0 Å². The molecule has 1 saturated heterocycles. The highest BCUT2D eigenvalue weighted by Gasteiger charge is 2.19. The van der Waals surface area contributed by atoms with Crippen molar-refractivity contribution >= 4 is 28.8 Å². The molecule has 0 bridgehead atoms. The number of rotatable bonds is 3. The number of hydrogen-bond donors (Lipinski definition) is 1. The van der Waals surface area contributed by atoms with E-state index >= 15 is 0 Å². The fourth-order valence-electron chi connectivity index (χ4n) is 2.03. The first-order valence-electron chi connectivity index (χ1n) is 5.90. The summed E-state index contributed by atoms with van der Waals surface area (Å²) in [4.78, 5) is 15.1. The number of carbonyl (C=O) groups is 1. The molecule has 1 aromatic rings. The molecule has 2 rings (SSSR count). The van der Waals surface area contributed by atoms with E-state index in [0.717, 1.165) is 30.4 Å². The van der Waals surface area contributed by atoms with Gasteiger partial charge in [0.05, 0.1) is 4.34 Å². The Hall–Kier alpha value is -0.580. The number of nitrogens with zero attached hydrogens (tertiary/aromatic N) is 1. The number of hydrogen-bond acceptors (Lipinski definition) is 3. The molecule has 94 valence electrons. The quantitative estimate of drug-likeness (QED) is 0.915. The van der Waals surface area contributed by atoms with Gasteiger partial charge in [-0.25, -0.2) is 0 Å².